The Bertz CT molecular complexity index is 1190. The van der Waals surface area contributed by atoms with Crippen LogP contribution in [0, 0.1) is 0 Å². The average Bonchev–Trinajstić information content (AvgIpc) is 3.15. The number of rotatable bonds is 37. The lowest BCUT2D eigenvalue weighted by Crippen LogP contribution is -2.55. The Morgan fingerprint density at radius 3 is 1.46 bits per heavy atom. The molecule has 0 aromatic rings. The molecule has 8 nitrogen and oxygen atoms in total. The number of nitrogens with zero attached hydrogens (tertiary/aromatic N) is 1. The quantitative estimate of drug-likeness (QED) is 0.0268. The van der Waals surface area contributed by atoms with E-state index in [1.165, 1.54) is 38.5 Å². The van der Waals surface area contributed by atoms with Gasteiger partial charge in [-0.3, -0.25) is 9.59 Å². The van der Waals surface area contributed by atoms with E-state index in [2.05, 4.69) is 98.9 Å². The van der Waals surface area contributed by atoms with Crippen LogP contribution in [0.2, 0.25) is 0 Å². The molecule has 0 rings (SSSR count). The van der Waals surface area contributed by atoms with Crippen LogP contribution in [0.15, 0.2) is 85.1 Å². The van der Waals surface area contributed by atoms with Gasteiger partial charge in [0.2, 0.25) is 0 Å². The van der Waals surface area contributed by atoms with Crippen molar-refractivity contribution in [2.24, 2.45) is 0 Å². The third-order valence-corrected chi connectivity index (χ3v) is 9.05. The van der Waals surface area contributed by atoms with Crippen LogP contribution in [0.1, 0.15) is 149 Å². The number of allylic oxidation sites excluding steroid dienone is 14. The fraction of sp³-hybridized carbons (Fsp3) is 0.646. The fourth-order valence-electron chi connectivity index (χ4n) is 5.71. The van der Waals surface area contributed by atoms with Crippen LogP contribution < -0.4 is 5.11 Å². The molecular formula is C48H79NO7. The Morgan fingerprint density at radius 1 is 0.554 bits per heavy atom. The van der Waals surface area contributed by atoms with Gasteiger partial charge >= 0.3 is 11.9 Å². The summed E-state index contributed by atoms with van der Waals surface area (Å²) >= 11 is 0. The first-order valence-corrected chi connectivity index (χ1v) is 21.6. The number of carboxylic acids is 1. The molecule has 0 spiro atoms. The summed E-state index contributed by atoms with van der Waals surface area (Å²) in [4.78, 5) is 36.7. The normalized spacial score (nSPS) is 13.8. The molecule has 8 heteroatoms. The van der Waals surface area contributed by atoms with Crippen molar-refractivity contribution < 1.29 is 38.2 Å². The van der Waals surface area contributed by atoms with Gasteiger partial charge in [0.15, 0.2) is 6.10 Å². The largest absolute Gasteiger partial charge is 0.544 e. The molecule has 0 heterocycles. The van der Waals surface area contributed by atoms with Gasteiger partial charge in [0.05, 0.1) is 40.3 Å². The molecule has 2 unspecified atom stereocenters. The number of carboxylic acid groups (broad SMARTS) is 1. The summed E-state index contributed by atoms with van der Waals surface area (Å²) in [5, 5.41) is 11.6. The zero-order chi connectivity index (χ0) is 41.4. The predicted octanol–water partition coefficient (Wildman–Crippen LogP) is 10.4. The summed E-state index contributed by atoms with van der Waals surface area (Å²) in [6, 6.07) is -0.738. The van der Waals surface area contributed by atoms with Gasteiger partial charge in [-0.05, 0) is 64.2 Å². The Kier molecular flexibility index (Phi) is 36.0. The second kappa shape index (κ2) is 38.4. The van der Waals surface area contributed by atoms with Gasteiger partial charge < -0.3 is 28.6 Å². The Hall–Kier alpha value is -3.49. The van der Waals surface area contributed by atoms with Gasteiger partial charge in [0.25, 0.3) is 0 Å². The molecule has 318 valence electrons. The van der Waals surface area contributed by atoms with Crippen molar-refractivity contribution in [1.82, 2.24) is 0 Å². The maximum absolute atomic E-state index is 12.7. The van der Waals surface area contributed by atoms with Crippen molar-refractivity contribution in [1.29, 1.82) is 0 Å². The van der Waals surface area contributed by atoms with E-state index in [1.54, 1.807) is 21.1 Å². The molecule has 0 aliphatic rings. The number of hydrogen-bond donors (Lipinski definition) is 0. The van der Waals surface area contributed by atoms with Crippen molar-refractivity contribution in [2.45, 2.75) is 161 Å². The van der Waals surface area contributed by atoms with Crippen LogP contribution in [0.3, 0.4) is 0 Å². The molecular weight excluding hydrogens is 703 g/mol. The average molecular weight is 782 g/mol. The first kappa shape index (κ1) is 52.5. The van der Waals surface area contributed by atoms with E-state index in [9.17, 15) is 19.5 Å². The number of carbonyl (C=O) groups excluding carboxylic acids is 3. The van der Waals surface area contributed by atoms with Crippen molar-refractivity contribution in [3.05, 3.63) is 85.1 Å². The second-order valence-corrected chi connectivity index (χ2v) is 15.2. The number of likely N-dealkylation sites (N-methyl/N-ethyl adjacent to an activating group) is 1. The third kappa shape index (κ3) is 36.2. The van der Waals surface area contributed by atoms with Crippen LogP contribution in [0.25, 0.3) is 0 Å². The highest BCUT2D eigenvalue weighted by Gasteiger charge is 2.25. The van der Waals surface area contributed by atoms with Crippen molar-refractivity contribution in [3.8, 4) is 0 Å². The first-order chi connectivity index (χ1) is 27.1. The molecule has 0 aliphatic carbocycles. The molecule has 0 fully saturated rings. The van der Waals surface area contributed by atoms with Gasteiger partial charge in [0.1, 0.15) is 12.6 Å². The number of quaternary nitrogens is 1. The number of unbranched alkanes of at least 4 members (excludes halogenated alkanes) is 9. The molecule has 0 N–H and O–H groups in total. The summed E-state index contributed by atoms with van der Waals surface area (Å²) in [6.07, 6.45) is 49.1. The van der Waals surface area contributed by atoms with E-state index < -0.39 is 18.1 Å². The Balaban J connectivity index is 4.43. The third-order valence-electron chi connectivity index (χ3n) is 9.05. The minimum atomic E-state index is -1.14. The standard InChI is InChI=1S/C48H79NO7/c1-6-8-10-12-14-16-17-18-19-20-21-22-23-24-25-26-27-28-29-31-33-35-37-39-47(51)56-44(42-54-41-40-45(48(52)53)49(3,4)5)43-55-46(50)38-36-34-32-30-15-13-11-9-7-2/h8,10,14,16,18-19,21-22,24-25,27-28,31,33,44-45H,6-7,9,11-13,15,17,20,23,26,29-30,32,34-43H2,1-5H3/b10-8+,16-14+,19-18+,22-21+,25-24+,28-27+,33-31+. The SMILES string of the molecule is CC/C=C/C/C=C/C/C=C/C/C=C/C/C=C/C/C=C/C/C=C/CCCC(=O)OC(COCCC(C(=O)[O-])[N+](C)(C)C)COC(=O)CCCCCCCCCCC. The molecule has 0 amide bonds. The van der Waals surface area contributed by atoms with E-state index in [1.807, 2.05) is 0 Å². The summed E-state index contributed by atoms with van der Waals surface area (Å²) < 4.78 is 17.0. The number of carbonyl (C=O) groups is 3. The number of ether oxygens (including phenoxy) is 3. The van der Waals surface area contributed by atoms with Crippen molar-refractivity contribution in [3.63, 3.8) is 0 Å². The summed E-state index contributed by atoms with van der Waals surface area (Å²) in [5.74, 6) is -1.83. The number of aliphatic carboxylic acids is 1. The molecule has 0 saturated carbocycles. The van der Waals surface area contributed by atoms with Crippen LogP contribution in [0.5, 0.6) is 0 Å². The molecule has 0 saturated heterocycles. The van der Waals surface area contributed by atoms with Crippen molar-refractivity contribution >= 4 is 17.9 Å². The van der Waals surface area contributed by atoms with Gasteiger partial charge in [-0.1, -0.05) is 150 Å². The topological polar surface area (TPSA) is 102 Å². The first-order valence-electron chi connectivity index (χ1n) is 21.6. The predicted molar refractivity (Wildman–Crippen MR) is 231 cm³/mol. The fourth-order valence-corrected chi connectivity index (χ4v) is 5.71. The van der Waals surface area contributed by atoms with Gasteiger partial charge in [0, 0.05) is 19.3 Å². The van der Waals surface area contributed by atoms with Crippen LogP contribution in [-0.4, -0.2) is 75.5 Å². The number of hydrogen-bond acceptors (Lipinski definition) is 7. The van der Waals surface area contributed by atoms with Crippen LogP contribution in [-0.2, 0) is 28.6 Å². The van der Waals surface area contributed by atoms with Gasteiger partial charge in [-0.2, -0.15) is 0 Å². The summed E-state index contributed by atoms with van der Waals surface area (Å²) in [7, 11) is 5.37. The minimum absolute atomic E-state index is 0.0137. The van der Waals surface area contributed by atoms with E-state index in [0.29, 0.717) is 12.8 Å². The molecule has 0 aromatic heterocycles. The van der Waals surface area contributed by atoms with E-state index in [0.717, 1.165) is 70.6 Å². The smallest absolute Gasteiger partial charge is 0.306 e. The highest BCUT2D eigenvalue weighted by molar-refractivity contribution is 5.70. The lowest BCUT2D eigenvalue weighted by molar-refractivity contribution is -0.889. The van der Waals surface area contributed by atoms with E-state index in [-0.39, 0.29) is 49.1 Å². The molecule has 0 aliphatic heterocycles. The maximum atomic E-state index is 12.7. The highest BCUT2D eigenvalue weighted by Crippen LogP contribution is 2.12. The lowest BCUT2D eigenvalue weighted by atomic mass is 10.1. The Morgan fingerprint density at radius 2 is 1.00 bits per heavy atom. The zero-order valence-corrected chi connectivity index (χ0v) is 36.0. The molecule has 0 bridgehead atoms. The summed E-state index contributed by atoms with van der Waals surface area (Å²) in [5.41, 5.74) is 0. The van der Waals surface area contributed by atoms with E-state index >= 15 is 0 Å². The van der Waals surface area contributed by atoms with Crippen LogP contribution in [0.4, 0.5) is 0 Å². The lowest BCUT2D eigenvalue weighted by Gasteiger charge is -2.34. The number of esters is 2. The van der Waals surface area contributed by atoms with E-state index in [4.69, 9.17) is 14.2 Å². The summed E-state index contributed by atoms with van der Waals surface area (Å²) in [6.45, 7) is 4.44. The molecule has 0 radical (unpaired) electrons. The monoisotopic (exact) mass is 782 g/mol. The van der Waals surface area contributed by atoms with Crippen molar-refractivity contribution in [2.75, 3.05) is 41.0 Å². The molecule has 0 aromatic carbocycles. The van der Waals surface area contributed by atoms with Gasteiger partial charge in [-0.25, -0.2) is 0 Å². The molecule has 2 atom stereocenters. The highest BCUT2D eigenvalue weighted by atomic mass is 16.6. The zero-order valence-electron chi connectivity index (χ0n) is 36.0. The molecule has 56 heavy (non-hydrogen) atoms. The second-order valence-electron chi connectivity index (χ2n) is 15.2. The maximum Gasteiger partial charge on any atom is 0.306 e. The minimum Gasteiger partial charge on any atom is -0.544 e. The van der Waals surface area contributed by atoms with Gasteiger partial charge in [-0.15, -0.1) is 0 Å². The van der Waals surface area contributed by atoms with Crippen LogP contribution >= 0.6 is 0 Å². The Labute approximate surface area is 342 Å².